The Morgan fingerprint density at radius 1 is 1.05 bits per heavy atom. The summed E-state index contributed by atoms with van der Waals surface area (Å²) in [6, 6.07) is 6.47. The summed E-state index contributed by atoms with van der Waals surface area (Å²) in [6.45, 7) is 15.3. The summed E-state index contributed by atoms with van der Waals surface area (Å²) in [6.07, 6.45) is 2.00. The van der Waals surface area contributed by atoms with E-state index in [0.29, 0.717) is 0 Å². The molecule has 0 atom stereocenters. The van der Waals surface area contributed by atoms with Crippen molar-refractivity contribution < 1.29 is 22.5 Å². The van der Waals surface area contributed by atoms with Gasteiger partial charge < -0.3 is 5.48 Å². The summed E-state index contributed by atoms with van der Waals surface area (Å²) in [5, 5.41) is 0. The number of aliphatic imine (C=N–C) groups is 1. The van der Waals surface area contributed by atoms with Gasteiger partial charge in [-0.05, 0) is 49.8 Å². The van der Waals surface area contributed by atoms with Crippen molar-refractivity contribution in [1.82, 2.24) is 0 Å². The Hall–Kier alpha value is 0.144. The zero-order valence-electron chi connectivity index (χ0n) is 14.0. The van der Waals surface area contributed by atoms with Crippen LogP contribution in [0, 0.1) is 6.92 Å². The fraction of sp³-hybridized carbons (Fsp3) is 0.562. The zero-order chi connectivity index (χ0) is 16.0. The second-order valence-electron chi connectivity index (χ2n) is 6.77. The van der Waals surface area contributed by atoms with Gasteiger partial charge in [-0.3, -0.25) is 4.99 Å². The molecule has 0 saturated heterocycles. The maximum atomic E-state index is 4.89. The number of halogens is 2. The van der Waals surface area contributed by atoms with Crippen LogP contribution in [-0.4, -0.2) is 17.2 Å². The molecule has 0 amide bonds. The van der Waals surface area contributed by atoms with Gasteiger partial charge in [-0.25, -0.2) is 0 Å². The summed E-state index contributed by atoms with van der Waals surface area (Å²) in [7, 11) is 9.78. The van der Waals surface area contributed by atoms with Crippen molar-refractivity contribution in [3.05, 3.63) is 34.9 Å². The van der Waals surface area contributed by atoms with Crippen LogP contribution in [0.5, 0.6) is 0 Å². The van der Waals surface area contributed by atoms with Gasteiger partial charge in [0.2, 0.25) is 0 Å². The van der Waals surface area contributed by atoms with Gasteiger partial charge in [0.1, 0.15) is 0 Å². The molecule has 21 heavy (non-hydrogen) atoms. The Morgan fingerprint density at radius 3 is 1.90 bits per heavy atom. The van der Waals surface area contributed by atoms with Crippen molar-refractivity contribution in [2.75, 3.05) is 0 Å². The summed E-state index contributed by atoms with van der Waals surface area (Å²) < 4.78 is 0. The van der Waals surface area contributed by atoms with E-state index >= 15 is 0 Å². The van der Waals surface area contributed by atoms with Crippen LogP contribution >= 0.6 is 18.6 Å². The third-order valence-corrected chi connectivity index (χ3v) is 2.77. The Bertz CT molecular complexity index is 449. The summed E-state index contributed by atoms with van der Waals surface area (Å²) in [5.74, 6) is 0. The van der Waals surface area contributed by atoms with E-state index in [1.807, 2.05) is 6.21 Å². The molecule has 0 fully saturated rings. The second-order valence-corrected chi connectivity index (χ2v) is 9.35. The molecule has 0 aliphatic heterocycles. The molecular formula is C16H27Cl2NOTi. The molecule has 0 saturated carbocycles. The predicted octanol–water partition coefficient (Wildman–Crippen LogP) is 5.06. The minimum atomic E-state index is -0.556. The first-order valence-electron chi connectivity index (χ1n) is 6.64. The average Bonchev–Trinajstić information content (AvgIpc) is 2.26. The molecule has 0 heterocycles. The van der Waals surface area contributed by atoms with Crippen LogP contribution in [0.3, 0.4) is 0 Å². The Morgan fingerprint density at radius 2 is 1.52 bits per heavy atom. The standard InChI is InChI=1S/C16H25N.2ClH.H2O.Ti/c1-12-13(11-17-16(5,6)7)9-8-10-14(12)15(2,3)4;;;;/h8-11H,1-7H3;2*1H;1H2;/q;;;;+2/p-2. The fourth-order valence-corrected chi connectivity index (χ4v) is 1.87. The van der Waals surface area contributed by atoms with Crippen molar-refractivity contribution in [1.29, 1.82) is 0 Å². The number of rotatable bonds is 1. The topological polar surface area (TPSA) is 43.9 Å². The summed E-state index contributed by atoms with van der Waals surface area (Å²) in [5.41, 5.74) is 4.15. The molecule has 1 aromatic carbocycles. The van der Waals surface area contributed by atoms with Crippen molar-refractivity contribution >= 4 is 24.8 Å². The first-order valence-corrected chi connectivity index (χ1v) is 10.9. The molecule has 0 aliphatic rings. The van der Waals surface area contributed by atoms with Crippen molar-refractivity contribution in [2.45, 2.75) is 59.4 Å². The molecule has 1 rings (SSSR count). The molecule has 0 unspecified atom stereocenters. The fourth-order valence-electron chi connectivity index (χ4n) is 1.87. The summed E-state index contributed by atoms with van der Waals surface area (Å²) >= 11 is -0.556. The van der Waals surface area contributed by atoms with Crippen LogP contribution in [0.1, 0.15) is 58.2 Å². The SMILES string of the molecule is Cc1c(C=NC(C)(C)C)cccc1C(C)(C)C.O.[Cl][Ti][Cl]. The Balaban J connectivity index is 0. The van der Waals surface area contributed by atoms with Gasteiger partial charge in [-0.15, -0.1) is 0 Å². The van der Waals surface area contributed by atoms with Crippen molar-refractivity contribution in [3.8, 4) is 0 Å². The van der Waals surface area contributed by atoms with E-state index in [2.05, 4.69) is 71.7 Å². The van der Waals surface area contributed by atoms with E-state index in [4.69, 9.17) is 18.6 Å². The molecule has 2 N–H and O–H groups in total. The van der Waals surface area contributed by atoms with Crippen molar-refractivity contribution in [2.24, 2.45) is 4.99 Å². The van der Waals surface area contributed by atoms with E-state index in [-0.39, 0.29) is 16.4 Å². The van der Waals surface area contributed by atoms with E-state index in [1.165, 1.54) is 16.7 Å². The van der Waals surface area contributed by atoms with E-state index in [0.717, 1.165) is 0 Å². The van der Waals surface area contributed by atoms with Gasteiger partial charge in [0.05, 0.1) is 5.54 Å². The quantitative estimate of drug-likeness (QED) is 0.491. The first kappa shape index (κ1) is 23.4. The minimum absolute atomic E-state index is 0. The summed E-state index contributed by atoms with van der Waals surface area (Å²) in [4.78, 5) is 4.59. The first-order chi connectivity index (χ1) is 9.03. The Kier molecular flexibility index (Phi) is 11.2. The van der Waals surface area contributed by atoms with Gasteiger partial charge in [0, 0.05) is 6.21 Å². The maximum absolute atomic E-state index is 4.89. The molecule has 120 valence electrons. The third kappa shape index (κ3) is 9.70. The number of benzene rings is 1. The van der Waals surface area contributed by atoms with Gasteiger partial charge in [0.15, 0.2) is 0 Å². The monoisotopic (exact) mass is 367 g/mol. The molecule has 2 nitrogen and oxygen atoms in total. The van der Waals surface area contributed by atoms with Crippen LogP contribution < -0.4 is 0 Å². The second kappa shape index (κ2) is 10.0. The Labute approximate surface area is 146 Å². The number of hydrogen-bond donors (Lipinski definition) is 0. The van der Waals surface area contributed by atoms with Gasteiger partial charge in [0.25, 0.3) is 0 Å². The van der Waals surface area contributed by atoms with Crippen molar-refractivity contribution in [3.63, 3.8) is 0 Å². The molecule has 5 heteroatoms. The zero-order valence-corrected chi connectivity index (χ0v) is 17.1. The normalized spacial score (nSPS) is 11.5. The van der Waals surface area contributed by atoms with E-state index < -0.39 is 17.0 Å². The molecule has 0 aliphatic carbocycles. The third-order valence-electron chi connectivity index (χ3n) is 2.77. The van der Waals surface area contributed by atoms with Crippen LogP contribution in [-0.2, 0) is 22.4 Å². The average molecular weight is 368 g/mol. The van der Waals surface area contributed by atoms with Gasteiger partial charge in [-0.2, -0.15) is 0 Å². The molecule has 0 bridgehead atoms. The molecule has 0 spiro atoms. The van der Waals surface area contributed by atoms with E-state index in [9.17, 15) is 0 Å². The van der Waals surface area contributed by atoms with E-state index in [1.54, 1.807) is 0 Å². The van der Waals surface area contributed by atoms with Gasteiger partial charge >= 0.3 is 35.6 Å². The van der Waals surface area contributed by atoms with Crippen LogP contribution in [0.25, 0.3) is 0 Å². The van der Waals surface area contributed by atoms with Gasteiger partial charge in [-0.1, -0.05) is 39.0 Å². The van der Waals surface area contributed by atoms with Crippen LogP contribution in [0.15, 0.2) is 23.2 Å². The molecule has 1 aromatic rings. The predicted molar refractivity (Wildman–Crippen MR) is 92.5 cm³/mol. The van der Waals surface area contributed by atoms with Crippen LogP contribution in [0.4, 0.5) is 0 Å². The molecule has 0 aromatic heterocycles. The van der Waals surface area contributed by atoms with Crippen LogP contribution in [0.2, 0.25) is 0 Å². The molecular weight excluding hydrogens is 341 g/mol. The molecule has 0 radical (unpaired) electrons. The number of nitrogens with zero attached hydrogens (tertiary/aromatic N) is 1. The number of hydrogen-bond acceptors (Lipinski definition) is 1.